The van der Waals surface area contributed by atoms with Crippen LogP contribution in [0.5, 0.6) is 5.75 Å². The lowest BCUT2D eigenvalue weighted by molar-refractivity contribution is -0.208. The van der Waals surface area contributed by atoms with Gasteiger partial charge in [0.05, 0.1) is 36.2 Å². The van der Waals surface area contributed by atoms with E-state index in [2.05, 4.69) is 25.7 Å². The van der Waals surface area contributed by atoms with E-state index in [0.717, 1.165) is 36.4 Å². The van der Waals surface area contributed by atoms with Gasteiger partial charge in [-0.05, 0) is 6.42 Å². The summed E-state index contributed by atoms with van der Waals surface area (Å²) in [5.74, 6) is -3.23. The Morgan fingerprint density at radius 3 is 2.69 bits per heavy atom. The highest BCUT2D eigenvalue weighted by molar-refractivity contribution is 6.02. The van der Waals surface area contributed by atoms with Crippen LogP contribution in [0.3, 0.4) is 0 Å². The second-order valence-corrected chi connectivity index (χ2v) is 7.50. The molecule has 1 unspecified atom stereocenters. The molecule has 4 N–H and O–H groups in total. The molecule has 0 saturated heterocycles. The average Bonchev–Trinajstić information content (AvgIpc) is 3.42. The molecule has 15 heteroatoms. The summed E-state index contributed by atoms with van der Waals surface area (Å²) in [5, 5.41) is 20.6. The van der Waals surface area contributed by atoms with E-state index in [1.807, 2.05) is 0 Å². The number of ether oxygens (including phenoxy) is 1. The van der Waals surface area contributed by atoms with Gasteiger partial charge in [0.25, 0.3) is 5.91 Å². The number of hydrogen-bond acceptors (Lipinski definition) is 8. The maximum atomic E-state index is 13.3. The molecule has 35 heavy (non-hydrogen) atoms. The molecule has 0 aromatic carbocycles. The molecule has 1 fully saturated rings. The fraction of sp³-hybridized carbons (Fsp3) is 0.350. The van der Waals surface area contributed by atoms with E-state index in [4.69, 9.17) is 8.85 Å². The lowest BCUT2D eigenvalue weighted by atomic mass is 10.1. The van der Waals surface area contributed by atoms with Crippen molar-refractivity contribution in [1.29, 1.82) is 0 Å². The van der Waals surface area contributed by atoms with Gasteiger partial charge in [-0.2, -0.15) is 18.3 Å². The first-order chi connectivity index (χ1) is 17.7. The number of nitrogens with zero attached hydrogens (tertiary/aromatic N) is 4. The maximum Gasteiger partial charge on any atom is 0.420 e. The summed E-state index contributed by atoms with van der Waals surface area (Å²) < 4.78 is 80.8. The fourth-order valence-electron chi connectivity index (χ4n) is 3.29. The van der Waals surface area contributed by atoms with Gasteiger partial charge in [0.15, 0.2) is 11.9 Å². The van der Waals surface area contributed by atoms with Gasteiger partial charge in [0, 0.05) is 23.4 Å². The first-order valence-corrected chi connectivity index (χ1v) is 9.89. The van der Waals surface area contributed by atoms with Crippen LogP contribution in [0.1, 0.15) is 32.7 Å². The van der Waals surface area contributed by atoms with Crippen molar-refractivity contribution >= 4 is 34.5 Å². The van der Waals surface area contributed by atoms with Gasteiger partial charge in [-0.1, -0.05) is 0 Å². The van der Waals surface area contributed by atoms with Crippen LogP contribution in [-0.2, 0) is 4.79 Å². The zero-order valence-corrected chi connectivity index (χ0v) is 17.7. The number of aliphatic hydroxyl groups excluding tert-OH is 1. The Bertz CT molecular complexity index is 1400. The molecule has 3 heterocycles. The number of carbonyl (C=O) groups is 2. The number of methoxy groups -OCH3 is 1. The van der Waals surface area contributed by atoms with Gasteiger partial charge in [-0.25, -0.2) is 18.9 Å². The number of carbonyl (C=O) groups excluding carboxylic acids is 2. The third-order valence-electron chi connectivity index (χ3n) is 5.15. The average molecular weight is 500 g/mol. The summed E-state index contributed by atoms with van der Waals surface area (Å²) in [6.07, 6.45) is -6.32. The molecule has 186 valence electrons. The number of hydrogen-bond donors (Lipinski definition) is 4. The summed E-state index contributed by atoms with van der Waals surface area (Å²) in [5.41, 5.74) is -1.49. The molecule has 0 radical (unpaired) electrons. The summed E-state index contributed by atoms with van der Waals surface area (Å²) in [6.45, 7) is -2.87. The fourth-order valence-corrected chi connectivity index (χ4v) is 3.29. The van der Waals surface area contributed by atoms with Crippen LogP contribution in [0, 0.1) is 5.92 Å². The Hall–Kier alpha value is -4.01. The number of aromatic nitrogens is 4. The molecule has 1 saturated carbocycles. The zero-order valence-electron chi connectivity index (χ0n) is 20.7. The number of fused-ring (bicyclic) bond motifs is 1. The lowest BCUT2D eigenvalue weighted by Crippen LogP contribution is -2.22. The summed E-state index contributed by atoms with van der Waals surface area (Å²) in [7, 11) is 1.05. The van der Waals surface area contributed by atoms with Crippen LogP contribution in [0.25, 0.3) is 5.52 Å². The van der Waals surface area contributed by atoms with Crippen molar-refractivity contribution in [2.45, 2.75) is 24.9 Å². The minimum Gasteiger partial charge on any atom is -0.492 e. The number of anilines is 3. The summed E-state index contributed by atoms with van der Waals surface area (Å²) >= 11 is 0. The van der Waals surface area contributed by atoms with Crippen molar-refractivity contribution in [3.63, 3.8) is 0 Å². The number of amides is 2. The predicted molar refractivity (Wildman–Crippen MR) is 113 cm³/mol. The highest BCUT2D eigenvalue weighted by Crippen LogP contribution is 2.40. The molecule has 2 amide bonds. The van der Waals surface area contributed by atoms with Crippen molar-refractivity contribution in [3.8, 4) is 5.75 Å². The summed E-state index contributed by atoms with van der Waals surface area (Å²) in [6, 6.07) is 1.14. The van der Waals surface area contributed by atoms with Gasteiger partial charge in [0.1, 0.15) is 29.5 Å². The van der Waals surface area contributed by atoms with Crippen LogP contribution in [0.4, 0.5) is 34.8 Å². The smallest absolute Gasteiger partial charge is 0.420 e. The largest absolute Gasteiger partial charge is 0.492 e. The molecule has 4 rings (SSSR count). The Kier molecular flexibility index (Phi) is 5.22. The quantitative estimate of drug-likeness (QED) is 0.362. The topological polar surface area (TPSA) is 143 Å². The standard InChI is InChI=1S/C20H19F4N7O4/c1-25-18(33)9-5-26-13(30-19(34)8-3-10(8)21)4-11(9)29-12-6-28-31-7-27-14(16(35-2)15(12)31)17(32)20(22,23)24/h4-8,10,17,32H,3H2,1-2H3,(H,25,33)(H2,26,29,30,34)/t8-,10+,17?/m1/s1/i1D3. The molecule has 0 spiro atoms. The Balaban J connectivity index is 1.77. The molecular formula is C20H19F4N7O4. The molecule has 0 bridgehead atoms. The molecule has 1 aliphatic carbocycles. The first-order valence-electron chi connectivity index (χ1n) is 11.4. The monoisotopic (exact) mass is 500 g/mol. The Morgan fingerprint density at radius 1 is 1.31 bits per heavy atom. The van der Waals surface area contributed by atoms with E-state index in [9.17, 15) is 32.3 Å². The lowest BCUT2D eigenvalue weighted by Gasteiger charge is -2.18. The molecule has 1 aliphatic rings. The van der Waals surface area contributed by atoms with Crippen molar-refractivity contribution in [3.05, 3.63) is 36.0 Å². The number of halogens is 4. The minimum absolute atomic E-state index is 0.0400. The highest BCUT2D eigenvalue weighted by atomic mass is 19.4. The van der Waals surface area contributed by atoms with Crippen LogP contribution < -0.4 is 20.7 Å². The maximum absolute atomic E-state index is 13.3. The molecule has 0 aliphatic heterocycles. The number of nitrogens with one attached hydrogen (secondary N) is 3. The van der Waals surface area contributed by atoms with Gasteiger partial charge in [0.2, 0.25) is 5.91 Å². The van der Waals surface area contributed by atoms with Crippen molar-refractivity contribution < 1.29 is 41.1 Å². The molecule has 3 aromatic rings. The third kappa shape index (κ3) is 4.66. The molecule has 11 nitrogen and oxygen atoms in total. The van der Waals surface area contributed by atoms with E-state index in [1.54, 1.807) is 5.32 Å². The van der Waals surface area contributed by atoms with Crippen molar-refractivity contribution in [2.75, 3.05) is 24.7 Å². The number of pyridine rings is 1. The van der Waals surface area contributed by atoms with Crippen LogP contribution in [0.15, 0.2) is 24.8 Å². The van der Waals surface area contributed by atoms with Crippen molar-refractivity contribution in [1.82, 2.24) is 24.9 Å². The van der Waals surface area contributed by atoms with E-state index >= 15 is 0 Å². The van der Waals surface area contributed by atoms with Gasteiger partial charge < -0.3 is 25.8 Å². The van der Waals surface area contributed by atoms with Crippen molar-refractivity contribution in [2.24, 2.45) is 5.92 Å². The third-order valence-corrected chi connectivity index (χ3v) is 5.15. The predicted octanol–water partition coefficient (Wildman–Crippen LogP) is 2.13. The number of alkyl halides is 4. The molecular weight excluding hydrogens is 478 g/mol. The summed E-state index contributed by atoms with van der Waals surface area (Å²) in [4.78, 5) is 32.3. The Labute approximate surface area is 198 Å². The number of rotatable bonds is 7. The minimum atomic E-state index is -5.06. The first kappa shape index (κ1) is 20.4. The molecule has 3 aromatic heterocycles. The normalized spacial score (nSPS) is 19.8. The van der Waals surface area contributed by atoms with Gasteiger partial charge >= 0.3 is 6.18 Å². The van der Waals surface area contributed by atoms with Gasteiger partial charge in [-0.3, -0.25) is 9.59 Å². The van der Waals surface area contributed by atoms with Crippen LogP contribution in [0.2, 0.25) is 0 Å². The van der Waals surface area contributed by atoms with Crippen LogP contribution >= 0.6 is 0 Å². The molecule has 3 atom stereocenters. The second kappa shape index (κ2) is 8.98. The second-order valence-electron chi connectivity index (χ2n) is 7.50. The Morgan fingerprint density at radius 2 is 2.06 bits per heavy atom. The van der Waals surface area contributed by atoms with Crippen LogP contribution in [-0.4, -0.2) is 62.9 Å². The SMILES string of the molecule is [2H]C([2H])([2H])NC(=O)c1cnc(NC(=O)[C@@H]2C[C@@H]2F)cc1Nc1cnn2cnc(C(O)C(F)(F)F)c(OC)c12. The highest BCUT2D eigenvalue weighted by Gasteiger charge is 2.44. The van der Waals surface area contributed by atoms with E-state index in [0.29, 0.717) is 0 Å². The van der Waals surface area contributed by atoms with Gasteiger partial charge in [-0.15, -0.1) is 0 Å². The van der Waals surface area contributed by atoms with E-state index in [-0.39, 0.29) is 34.7 Å². The zero-order chi connectivity index (χ0) is 28.0. The van der Waals surface area contributed by atoms with E-state index < -0.39 is 54.6 Å². The number of aliphatic hydroxyl groups is 1. The van der Waals surface area contributed by atoms with E-state index in [1.165, 1.54) is 0 Å².